The van der Waals surface area contributed by atoms with Gasteiger partial charge in [-0.25, -0.2) is 0 Å². The number of imide groups is 1. The predicted molar refractivity (Wildman–Crippen MR) is 118 cm³/mol. The zero-order chi connectivity index (χ0) is 23.5. The van der Waals surface area contributed by atoms with E-state index in [-0.39, 0.29) is 36.3 Å². The molecule has 2 aromatic carbocycles. The van der Waals surface area contributed by atoms with Gasteiger partial charge in [-0.1, -0.05) is 23.7 Å². The number of hydrogen-bond acceptors (Lipinski definition) is 6. The van der Waals surface area contributed by atoms with Gasteiger partial charge in [0.1, 0.15) is 12.3 Å². The van der Waals surface area contributed by atoms with Gasteiger partial charge in [0.2, 0.25) is 0 Å². The van der Waals surface area contributed by atoms with Crippen molar-refractivity contribution in [2.45, 2.75) is 13.1 Å². The number of amides is 3. The number of carbonyl (C=O) groups excluding carboxylic acids is 4. The highest BCUT2D eigenvalue weighted by atomic mass is 35.5. The molecule has 0 N–H and O–H groups in total. The Morgan fingerprint density at radius 3 is 2.42 bits per heavy atom. The molecule has 1 aromatic heterocycles. The highest BCUT2D eigenvalue weighted by Gasteiger charge is 2.37. The first-order chi connectivity index (χ1) is 15.9. The monoisotopic (exact) mass is 466 g/mol. The van der Waals surface area contributed by atoms with Crippen LogP contribution in [0.25, 0.3) is 0 Å². The summed E-state index contributed by atoms with van der Waals surface area (Å²) in [5.41, 5.74) is 1.27. The molecule has 8 nitrogen and oxygen atoms in total. The molecule has 3 amide bonds. The van der Waals surface area contributed by atoms with Crippen LogP contribution in [0.5, 0.6) is 0 Å². The lowest BCUT2D eigenvalue weighted by Gasteiger charge is -2.22. The third kappa shape index (κ3) is 4.65. The molecule has 0 aliphatic carbocycles. The molecule has 3 aromatic rings. The average molecular weight is 467 g/mol. The SMILES string of the molecule is COC(=O)CN(Cc1ccc(Cl)cc1)C(=O)c1ccc2c(c1)C(=O)N(Cc1ccco1)C2=O. The van der Waals surface area contributed by atoms with Gasteiger partial charge < -0.3 is 14.1 Å². The van der Waals surface area contributed by atoms with Gasteiger partial charge >= 0.3 is 5.97 Å². The van der Waals surface area contributed by atoms with Crippen molar-refractivity contribution in [3.05, 3.63) is 93.9 Å². The molecule has 0 saturated carbocycles. The molecule has 168 valence electrons. The summed E-state index contributed by atoms with van der Waals surface area (Å²) in [6, 6.07) is 14.5. The maximum Gasteiger partial charge on any atom is 0.325 e. The van der Waals surface area contributed by atoms with Gasteiger partial charge in [0.05, 0.1) is 31.0 Å². The van der Waals surface area contributed by atoms with E-state index in [1.165, 1.54) is 36.5 Å². The minimum atomic E-state index is -0.589. The lowest BCUT2D eigenvalue weighted by Crippen LogP contribution is -2.35. The first-order valence-electron chi connectivity index (χ1n) is 10.0. The van der Waals surface area contributed by atoms with Crippen molar-refractivity contribution in [2.24, 2.45) is 0 Å². The fraction of sp³-hybridized carbons (Fsp3) is 0.167. The summed E-state index contributed by atoms with van der Waals surface area (Å²) in [4.78, 5) is 53.1. The van der Waals surface area contributed by atoms with Gasteiger partial charge in [0.15, 0.2) is 0 Å². The van der Waals surface area contributed by atoms with Crippen molar-refractivity contribution in [3.8, 4) is 0 Å². The van der Waals surface area contributed by atoms with Gasteiger partial charge in [0, 0.05) is 17.1 Å². The molecular formula is C24H19ClN2O6. The normalized spacial score (nSPS) is 12.6. The largest absolute Gasteiger partial charge is 0.468 e. The van der Waals surface area contributed by atoms with E-state index >= 15 is 0 Å². The van der Waals surface area contributed by atoms with Crippen molar-refractivity contribution in [1.29, 1.82) is 0 Å². The Hall–Kier alpha value is -3.91. The molecule has 4 rings (SSSR count). The molecule has 1 aliphatic heterocycles. The highest BCUT2D eigenvalue weighted by molar-refractivity contribution is 6.30. The molecule has 0 atom stereocenters. The van der Waals surface area contributed by atoms with Crippen LogP contribution in [0, 0.1) is 0 Å². The number of furan rings is 1. The second-order valence-corrected chi connectivity index (χ2v) is 7.84. The van der Waals surface area contributed by atoms with E-state index in [1.54, 1.807) is 36.4 Å². The van der Waals surface area contributed by atoms with Gasteiger partial charge in [-0.3, -0.25) is 24.1 Å². The van der Waals surface area contributed by atoms with E-state index in [9.17, 15) is 19.2 Å². The first-order valence-corrected chi connectivity index (χ1v) is 10.4. The molecule has 2 heterocycles. The first kappa shape index (κ1) is 22.3. The van der Waals surface area contributed by atoms with Crippen LogP contribution in [0.15, 0.2) is 65.3 Å². The van der Waals surface area contributed by atoms with E-state index in [1.807, 2.05) is 0 Å². The summed E-state index contributed by atoms with van der Waals surface area (Å²) >= 11 is 5.93. The molecule has 0 bridgehead atoms. The van der Waals surface area contributed by atoms with Crippen molar-refractivity contribution >= 4 is 35.3 Å². The number of esters is 1. The standard InChI is InChI=1S/C24H19ClN2O6/c1-32-21(28)14-26(12-15-4-7-17(25)8-5-15)22(29)16-6-9-19-20(11-16)24(31)27(23(19)30)13-18-3-2-10-33-18/h2-11H,12-14H2,1H3. The molecule has 9 heteroatoms. The zero-order valence-corrected chi connectivity index (χ0v) is 18.4. The number of carbonyl (C=O) groups is 4. The number of fused-ring (bicyclic) bond motifs is 1. The molecule has 33 heavy (non-hydrogen) atoms. The Balaban J connectivity index is 1.59. The predicted octanol–water partition coefficient (Wildman–Crippen LogP) is 3.54. The van der Waals surface area contributed by atoms with E-state index in [2.05, 4.69) is 0 Å². The third-order valence-electron chi connectivity index (χ3n) is 5.23. The third-order valence-corrected chi connectivity index (χ3v) is 5.49. The molecule has 1 aliphatic rings. The van der Waals surface area contributed by atoms with Crippen LogP contribution in [0.2, 0.25) is 5.02 Å². The van der Waals surface area contributed by atoms with E-state index < -0.39 is 23.7 Å². The Morgan fingerprint density at radius 2 is 1.76 bits per heavy atom. The molecular weight excluding hydrogens is 448 g/mol. The molecule has 0 saturated heterocycles. The van der Waals surface area contributed by atoms with Crippen molar-refractivity contribution in [3.63, 3.8) is 0 Å². The minimum Gasteiger partial charge on any atom is -0.468 e. The summed E-state index contributed by atoms with van der Waals surface area (Å²) < 4.78 is 9.96. The van der Waals surface area contributed by atoms with Gasteiger partial charge in [-0.05, 0) is 48.0 Å². The van der Waals surface area contributed by atoms with Crippen LogP contribution < -0.4 is 0 Å². The van der Waals surface area contributed by atoms with Crippen molar-refractivity contribution < 1.29 is 28.3 Å². The van der Waals surface area contributed by atoms with Gasteiger partial charge in [-0.15, -0.1) is 0 Å². The lowest BCUT2D eigenvalue weighted by molar-refractivity contribution is -0.141. The summed E-state index contributed by atoms with van der Waals surface area (Å²) in [6.07, 6.45) is 1.46. The molecule has 0 radical (unpaired) electrons. The fourth-order valence-corrected chi connectivity index (χ4v) is 3.66. The Bertz CT molecular complexity index is 1220. The Labute approximate surface area is 194 Å². The number of benzene rings is 2. The van der Waals surface area contributed by atoms with Gasteiger partial charge in [-0.2, -0.15) is 0 Å². The van der Waals surface area contributed by atoms with Crippen LogP contribution in [0.3, 0.4) is 0 Å². The average Bonchev–Trinajstić information content (AvgIpc) is 3.42. The van der Waals surface area contributed by atoms with Crippen molar-refractivity contribution in [2.75, 3.05) is 13.7 Å². The van der Waals surface area contributed by atoms with Crippen LogP contribution in [-0.4, -0.2) is 47.1 Å². The maximum absolute atomic E-state index is 13.3. The second-order valence-electron chi connectivity index (χ2n) is 7.40. The van der Waals surface area contributed by atoms with E-state index in [4.69, 9.17) is 20.8 Å². The maximum atomic E-state index is 13.3. The van der Waals surface area contributed by atoms with Crippen LogP contribution in [0.4, 0.5) is 0 Å². The second kappa shape index (κ2) is 9.30. The van der Waals surface area contributed by atoms with E-state index in [0.29, 0.717) is 10.8 Å². The van der Waals surface area contributed by atoms with Crippen LogP contribution in [0.1, 0.15) is 42.4 Å². The number of ether oxygens (including phenoxy) is 1. The van der Waals surface area contributed by atoms with Crippen LogP contribution >= 0.6 is 11.6 Å². The quantitative estimate of drug-likeness (QED) is 0.390. The number of hydrogen-bond donors (Lipinski definition) is 0. The lowest BCUT2D eigenvalue weighted by atomic mass is 10.0. The Morgan fingerprint density at radius 1 is 1.03 bits per heavy atom. The highest BCUT2D eigenvalue weighted by Crippen LogP contribution is 2.26. The van der Waals surface area contributed by atoms with Crippen LogP contribution in [-0.2, 0) is 22.6 Å². The minimum absolute atomic E-state index is 0.00629. The summed E-state index contributed by atoms with van der Waals surface area (Å²) in [7, 11) is 1.24. The number of methoxy groups -OCH3 is 1. The topological polar surface area (TPSA) is 97.1 Å². The van der Waals surface area contributed by atoms with Crippen molar-refractivity contribution in [1.82, 2.24) is 9.80 Å². The van der Waals surface area contributed by atoms with Gasteiger partial charge in [0.25, 0.3) is 17.7 Å². The molecule has 0 fully saturated rings. The summed E-state index contributed by atoms with van der Waals surface area (Å²) in [6.45, 7) is -0.167. The number of halogens is 1. The Kier molecular flexibility index (Phi) is 6.28. The summed E-state index contributed by atoms with van der Waals surface area (Å²) in [5.74, 6) is -1.58. The number of nitrogens with zero attached hydrogens (tertiary/aromatic N) is 2. The molecule has 0 unspecified atom stereocenters. The fourth-order valence-electron chi connectivity index (χ4n) is 3.54. The molecule has 0 spiro atoms. The zero-order valence-electron chi connectivity index (χ0n) is 17.6. The summed E-state index contributed by atoms with van der Waals surface area (Å²) in [5, 5.41) is 0.547. The van der Waals surface area contributed by atoms with E-state index in [0.717, 1.165) is 10.5 Å². The smallest absolute Gasteiger partial charge is 0.325 e. The number of rotatable bonds is 7.